The van der Waals surface area contributed by atoms with Crippen molar-refractivity contribution in [1.29, 1.82) is 0 Å². The van der Waals surface area contributed by atoms with Gasteiger partial charge in [-0.1, -0.05) is 11.6 Å². The lowest BCUT2D eigenvalue weighted by atomic mass is 10.1. The molecule has 0 aliphatic heterocycles. The highest BCUT2D eigenvalue weighted by atomic mass is 35.5. The molecule has 1 N–H and O–H groups in total. The van der Waals surface area contributed by atoms with E-state index in [2.05, 4.69) is 0 Å². The highest BCUT2D eigenvalue weighted by Gasteiger charge is 2.34. The maximum atomic E-state index is 13.0. The average molecular weight is 492 g/mol. The molecular weight excluding hydrogens is 462 g/mol. The number of ether oxygens (including phenoxy) is 2. The Hall–Kier alpha value is -1.58. The number of carbonyl (C=O) groups is 3. The van der Waals surface area contributed by atoms with Gasteiger partial charge in [-0.2, -0.15) is 16.7 Å². The van der Waals surface area contributed by atoms with E-state index in [4.69, 9.17) is 26.2 Å². The monoisotopic (exact) mass is 491 g/mol. The Morgan fingerprint density at radius 1 is 1.03 bits per heavy atom. The summed E-state index contributed by atoms with van der Waals surface area (Å²) in [5.74, 6) is -0.135. The number of carbonyl (C=O) groups excluding carboxylic acids is 2. The van der Waals surface area contributed by atoms with Crippen molar-refractivity contribution in [2.24, 2.45) is 0 Å². The highest BCUT2D eigenvalue weighted by molar-refractivity contribution is 7.99. The van der Waals surface area contributed by atoms with E-state index in [1.807, 2.05) is 6.26 Å². The van der Waals surface area contributed by atoms with Crippen LogP contribution in [0.3, 0.4) is 0 Å². The number of amides is 2. The molecule has 1 aromatic rings. The van der Waals surface area contributed by atoms with Crippen LogP contribution in [0, 0.1) is 0 Å². The number of carboxylic acids is 1. The van der Waals surface area contributed by atoms with Gasteiger partial charge >= 0.3 is 18.2 Å². The zero-order chi connectivity index (χ0) is 24.0. The molecule has 1 aromatic carbocycles. The number of hydrogen-bond donors (Lipinski definition) is 1. The Balaban J connectivity index is 3.46. The molecular formula is C21H30ClNO6S2. The van der Waals surface area contributed by atoms with E-state index in [0.717, 1.165) is 4.90 Å². The fourth-order valence-electron chi connectivity index (χ4n) is 2.33. The van der Waals surface area contributed by atoms with Crippen LogP contribution in [0.1, 0.15) is 53.5 Å². The van der Waals surface area contributed by atoms with Crippen LogP contribution >= 0.6 is 35.1 Å². The molecule has 0 fully saturated rings. The second kappa shape index (κ2) is 11.3. The number of carboxylic acid groups (broad SMARTS) is 1. The van der Waals surface area contributed by atoms with Gasteiger partial charge in [0.25, 0.3) is 0 Å². The second-order valence-electron chi connectivity index (χ2n) is 8.60. The number of rotatable bonds is 7. The summed E-state index contributed by atoms with van der Waals surface area (Å²) in [7, 11) is 0. The van der Waals surface area contributed by atoms with Crippen molar-refractivity contribution in [3.8, 4) is 0 Å². The van der Waals surface area contributed by atoms with Gasteiger partial charge in [-0.25, -0.2) is 9.59 Å². The first-order chi connectivity index (χ1) is 14.2. The molecule has 31 heavy (non-hydrogen) atoms. The molecule has 0 aliphatic carbocycles. The SMILES string of the molecule is CSCc1c(N(C(=O)OC(C)(C)C)C(=O)OC(C)(C)C)ccc(SCCC(=O)O)c1Cl. The maximum Gasteiger partial charge on any atom is 0.424 e. The van der Waals surface area contributed by atoms with E-state index >= 15 is 0 Å². The number of thioether (sulfide) groups is 2. The van der Waals surface area contributed by atoms with Gasteiger partial charge in [0.15, 0.2) is 0 Å². The number of benzene rings is 1. The molecule has 0 radical (unpaired) electrons. The highest BCUT2D eigenvalue weighted by Crippen LogP contribution is 2.39. The topological polar surface area (TPSA) is 93.1 Å². The number of anilines is 1. The van der Waals surface area contributed by atoms with Crippen LogP contribution in [-0.2, 0) is 20.0 Å². The molecule has 0 aromatic heterocycles. The van der Waals surface area contributed by atoms with Crippen molar-refractivity contribution in [2.75, 3.05) is 16.9 Å². The molecule has 10 heteroatoms. The number of hydrogen-bond acceptors (Lipinski definition) is 7. The summed E-state index contributed by atoms with van der Waals surface area (Å²) in [5, 5.41) is 9.23. The Kier molecular flexibility index (Phi) is 10.0. The van der Waals surface area contributed by atoms with Gasteiger partial charge in [0.1, 0.15) is 11.2 Å². The Morgan fingerprint density at radius 3 is 1.97 bits per heavy atom. The predicted octanol–water partition coefficient (Wildman–Crippen LogP) is 6.45. The Labute approximate surface area is 197 Å². The van der Waals surface area contributed by atoms with Gasteiger partial charge < -0.3 is 14.6 Å². The Bertz CT molecular complexity index is 789. The van der Waals surface area contributed by atoms with Crippen LogP contribution < -0.4 is 4.90 Å². The summed E-state index contributed by atoms with van der Waals surface area (Å²) in [4.78, 5) is 38.3. The summed E-state index contributed by atoms with van der Waals surface area (Å²) in [6.07, 6.45) is 0.121. The van der Waals surface area contributed by atoms with Crippen molar-refractivity contribution >= 4 is 59.0 Å². The van der Waals surface area contributed by atoms with Crippen molar-refractivity contribution < 1.29 is 29.0 Å². The van der Waals surface area contributed by atoms with E-state index in [1.54, 1.807) is 53.7 Å². The molecule has 174 valence electrons. The van der Waals surface area contributed by atoms with Crippen molar-refractivity contribution in [1.82, 2.24) is 0 Å². The summed E-state index contributed by atoms with van der Waals surface area (Å²) < 4.78 is 10.9. The molecule has 2 amide bonds. The summed E-state index contributed by atoms with van der Waals surface area (Å²) in [5.41, 5.74) is -0.822. The summed E-state index contributed by atoms with van der Waals surface area (Å²) in [6.45, 7) is 10.2. The number of nitrogens with zero attached hydrogens (tertiary/aromatic N) is 1. The van der Waals surface area contributed by atoms with Gasteiger partial charge in [-0.3, -0.25) is 4.79 Å². The van der Waals surface area contributed by atoms with Crippen LogP contribution in [0.15, 0.2) is 17.0 Å². The summed E-state index contributed by atoms with van der Waals surface area (Å²) >= 11 is 9.38. The van der Waals surface area contributed by atoms with E-state index in [0.29, 0.717) is 27.0 Å². The van der Waals surface area contributed by atoms with Crippen LogP contribution in [0.25, 0.3) is 0 Å². The third-order valence-electron chi connectivity index (χ3n) is 3.44. The minimum absolute atomic E-state index is 0.0114. The summed E-state index contributed by atoms with van der Waals surface area (Å²) in [6, 6.07) is 3.27. The molecule has 0 heterocycles. The lowest BCUT2D eigenvalue weighted by molar-refractivity contribution is -0.136. The Morgan fingerprint density at radius 2 is 1.55 bits per heavy atom. The first-order valence-electron chi connectivity index (χ1n) is 9.57. The zero-order valence-corrected chi connectivity index (χ0v) is 21.3. The molecule has 0 atom stereocenters. The zero-order valence-electron chi connectivity index (χ0n) is 18.9. The van der Waals surface area contributed by atoms with Gasteiger partial charge in [-0.15, -0.1) is 11.8 Å². The van der Waals surface area contributed by atoms with E-state index < -0.39 is 29.4 Å². The molecule has 0 spiro atoms. The lowest BCUT2D eigenvalue weighted by Crippen LogP contribution is -2.44. The van der Waals surface area contributed by atoms with Crippen LogP contribution in [-0.4, -0.2) is 46.5 Å². The van der Waals surface area contributed by atoms with Crippen molar-refractivity contribution in [3.05, 3.63) is 22.7 Å². The average Bonchev–Trinajstić information content (AvgIpc) is 2.56. The predicted molar refractivity (Wildman–Crippen MR) is 127 cm³/mol. The number of aliphatic carboxylic acids is 1. The molecule has 0 unspecified atom stereocenters. The van der Waals surface area contributed by atoms with Gasteiger partial charge in [0, 0.05) is 22.0 Å². The third-order valence-corrected chi connectivity index (χ3v) is 5.62. The van der Waals surface area contributed by atoms with E-state index in [9.17, 15) is 14.4 Å². The van der Waals surface area contributed by atoms with Gasteiger partial charge in [0.05, 0.1) is 17.1 Å². The van der Waals surface area contributed by atoms with Crippen LogP contribution in [0.5, 0.6) is 0 Å². The van der Waals surface area contributed by atoms with Crippen molar-refractivity contribution in [2.45, 2.75) is 69.8 Å². The molecule has 0 aliphatic rings. The molecule has 0 saturated carbocycles. The van der Waals surface area contributed by atoms with Crippen LogP contribution in [0.2, 0.25) is 5.02 Å². The largest absolute Gasteiger partial charge is 0.481 e. The van der Waals surface area contributed by atoms with Crippen LogP contribution in [0.4, 0.5) is 15.3 Å². The molecule has 0 saturated heterocycles. The first kappa shape index (κ1) is 27.5. The quantitative estimate of drug-likeness (QED) is 0.435. The third kappa shape index (κ3) is 9.21. The number of halogens is 1. The fraction of sp³-hybridized carbons (Fsp3) is 0.571. The minimum Gasteiger partial charge on any atom is -0.481 e. The smallest absolute Gasteiger partial charge is 0.424 e. The normalized spacial score (nSPS) is 11.7. The fourth-order valence-corrected chi connectivity index (χ4v) is 4.29. The molecule has 1 rings (SSSR count). The number of imide groups is 1. The molecule has 7 nitrogen and oxygen atoms in total. The van der Waals surface area contributed by atoms with Crippen molar-refractivity contribution in [3.63, 3.8) is 0 Å². The van der Waals surface area contributed by atoms with Gasteiger partial charge in [0.2, 0.25) is 0 Å². The second-order valence-corrected chi connectivity index (χ2v) is 11.0. The molecule has 0 bridgehead atoms. The van der Waals surface area contributed by atoms with E-state index in [-0.39, 0.29) is 12.1 Å². The minimum atomic E-state index is -0.898. The van der Waals surface area contributed by atoms with Gasteiger partial charge in [-0.05, 0) is 59.9 Å². The lowest BCUT2D eigenvalue weighted by Gasteiger charge is -2.30. The first-order valence-corrected chi connectivity index (χ1v) is 12.3. The maximum absolute atomic E-state index is 13.0. The standard InChI is InChI=1S/C21H30ClNO6S2/c1-20(2,3)28-18(26)23(19(27)29-21(4,5)6)14-8-9-15(31-11-10-16(24)25)17(22)13(14)12-30-7/h8-9H,10-12H2,1-7H3,(H,24,25). The van der Waals surface area contributed by atoms with E-state index in [1.165, 1.54) is 23.5 Å².